The number of nitrogens with zero attached hydrogens (tertiary/aromatic N) is 2. The van der Waals surface area contributed by atoms with Crippen molar-refractivity contribution >= 4 is 11.9 Å². The molecule has 0 saturated heterocycles. The molecule has 4 aromatic rings. The lowest BCUT2D eigenvalue weighted by atomic mass is 10.0. The number of Topliss-reactive ketones (excluding diaryl/α,β-unsaturated/α-hetero) is 1. The van der Waals surface area contributed by atoms with Gasteiger partial charge < -0.3 is 9.64 Å². The van der Waals surface area contributed by atoms with Crippen molar-refractivity contribution in [1.29, 1.82) is 0 Å². The Bertz CT molecular complexity index is 1340. The van der Waals surface area contributed by atoms with E-state index in [0.29, 0.717) is 24.6 Å². The molecule has 5 rings (SSSR count). The first kappa shape index (κ1) is 23.5. The second kappa shape index (κ2) is 10.6. The third-order valence-electron chi connectivity index (χ3n) is 6.44. The van der Waals surface area contributed by atoms with E-state index >= 15 is 0 Å². The van der Waals surface area contributed by atoms with Crippen LogP contribution < -0.4 is 4.74 Å². The molecule has 0 radical (unpaired) electrons. The van der Waals surface area contributed by atoms with Gasteiger partial charge in [-0.2, -0.15) is 0 Å². The summed E-state index contributed by atoms with van der Waals surface area (Å²) in [7, 11) is 1.72. The van der Waals surface area contributed by atoms with Crippen molar-refractivity contribution in [2.45, 2.75) is 25.8 Å². The van der Waals surface area contributed by atoms with E-state index in [1.165, 1.54) is 12.8 Å². The SMILES string of the molecule is CN(Cc1cccc(-c2ccncc2)c1)C(=O)Oc1ccc(-c2ccc(C(=O)CC3CC3)cc2)cc1. The van der Waals surface area contributed by atoms with Crippen LogP contribution in [0.2, 0.25) is 0 Å². The number of ketones is 1. The van der Waals surface area contributed by atoms with Gasteiger partial charge in [-0.3, -0.25) is 9.78 Å². The highest BCUT2D eigenvalue weighted by atomic mass is 16.6. The van der Waals surface area contributed by atoms with Crippen molar-refractivity contribution in [2.75, 3.05) is 7.05 Å². The highest BCUT2D eigenvalue weighted by Gasteiger charge is 2.24. The van der Waals surface area contributed by atoms with Gasteiger partial charge in [-0.05, 0) is 76.9 Å². The van der Waals surface area contributed by atoms with E-state index in [2.05, 4.69) is 11.1 Å². The molecule has 1 fully saturated rings. The number of hydrogen-bond donors (Lipinski definition) is 0. The maximum atomic E-state index is 12.7. The Hall–Kier alpha value is -4.25. The largest absolute Gasteiger partial charge is 0.415 e. The molecule has 1 aliphatic rings. The minimum atomic E-state index is -0.421. The fourth-order valence-corrected chi connectivity index (χ4v) is 4.18. The zero-order valence-corrected chi connectivity index (χ0v) is 20.3. The summed E-state index contributed by atoms with van der Waals surface area (Å²) < 4.78 is 5.58. The highest BCUT2D eigenvalue weighted by Crippen LogP contribution is 2.33. The van der Waals surface area contributed by atoms with Crippen LogP contribution in [-0.2, 0) is 6.54 Å². The number of amides is 1. The predicted octanol–water partition coefficient (Wildman–Crippen LogP) is 7.03. The fraction of sp³-hybridized carbons (Fsp3) is 0.194. The molecule has 0 bridgehead atoms. The molecule has 0 aliphatic heterocycles. The number of hydrogen-bond acceptors (Lipinski definition) is 4. The zero-order valence-electron chi connectivity index (χ0n) is 20.3. The van der Waals surface area contributed by atoms with Crippen LogP contribution >= 0.6 is 0 Å². The van der Waals surface area contributed by atoms with Gasteiger partial charge in [0.25, 0.3) is 0 Å². The van der Waals surface area contributed by atoms with Crippen LogP contribution in [0, 0.1) is 5.92 Å². The average molecular weight is 477 g/mol. The summed E-state index contributed by atoms with van der Waals surface area (Å²) in [6.45, 7) is 0.432. The van der Waals surface area contributed by atoms with E-state index in [0.717, 1.165) is 33.4 Å². The van der Waals surface area contributed by atoms with Gasteiger partial charge in [0.2, 0.25) is 0 Å². The molecule has 1 saturated carbocycles. The van der Waals surface area contributed by atoms with E-state index in [4.69, 9.17) is 4.74 Å². The van der Waals surface area contributed by atoms with E-state index in [9.17, 15) is 9.59 Å². The minimum absolute atomic E-state index is 0.222. The molecule has 0 N–H and O–H groups in total. The quantitative estimate of drug-likeness (QED) is 0.256. The van der Waals surface area contributed by atoms with Crippen molar-refractivity contribution in [3.8, 4) is 28.0 Å². The van der Waals surface area contributed by atoms with Crippen molar-refractivity contribution in [1.82, 2.24) is 9.88 Å². The smallest absolute Gasteiger partial charge is 0.410 e. The molecule has 1 amide bonds. The molecule has 0 spiro atoms. The predicted molar refractivity (Wildman–Crippen MR) is 141 cm³/mol. The Morgan fingerprint density at radius 2 is 1.47 bits per heavy atom. The normalized spacial score (nSPS) is 12.7. The number of carbonyl (C=O) groups excluding carboxylic acids is 2. The average Bonchev–Trinajstić information content (AvgIpc) is 3.74. The molecule has 5 nitrogen and oxygen atoms in total. The number of aromatic nitrogens is 1. The molecule has 0 unspecified atom stereocenters. The molecule has 1 aliphatic carbocycles. The standard InChI is InChI=1S/C31H28N2O3/c1-33(21-23-3-2-4-28(19-23)26-15-17-32-18-16-26)31(35)36-29-13-11-25(12-14-29)24-7-9-27(10-8-24)30(34)20-22-5-6-22/h2-4,7-19,22H,5-6,20-21H2,1H3. The van der Waals surface area contributed by atoms with Crippen LogP contribution in [0.15, 0.2) is 97.3 Å². The first-order valence-electron chi connectivity index (χ1n) is 12.2. The van der Waals surface area contributed by atoms with Crippen LogP contribution in [-0.4, -0.2) is 28.8 Å². The molecule has 3 aromatic carbocycles. The summed E-state index contributed by atoms with van der Waals surface area (Å²) in [5.74, 6) is 1.29. The summed E-state index contributed by atoms with van der Waals surface area (Å²) in [4.78, 5) is 30.6. The topological polar surface area (TPSA) is 59.5 Å². The molecule has 1 aromatic heterocycles. The van der Waals surface area contributed by atoms with Crippen LogP contribution in [0.25, 0.3) is 22.3 Å². The van der Waals surface area contributed by atoms with Crippen molar-refractivity contribution < 1.29 is 14.3 Å². The van der Waals surface area contributed by atoms with Gasteiger partial charge in [-0.25, -0.2) is 4.79 Å². The summed E-state index contributed by atoms with van der Waals surface area (Å²) >= 11 is 0. The number of ether oxygens (including phenoxy) is 1. The second-order valence-electron chi connectivity index (χ2n) is 9.33. The highest BCUT2D eigenvalue weighted by molar-refractivity contribution is 5.96. The third kappa shape index (κ3) is 5.87. The van der Waals surface area contributed by atoms with Crippen LogP contribution in [0.3, 0.4) is 0 Å². The lowest BCUT2D eigenvalue weighted by Crippen LogP contribution is -2.29. The zero-order chi connectivity index (χ0) is 24.9. The van der Waals surface area contributed by atoms with Crippen LogP contribution in [0.5, 0.6) is 5.75 Å². The van der Waals surface area contributed by atoms with Gasteiger partial charge in [0.05, 0.1) is 0 Å². The molecule has 0 atom stereocenters. The van der Waals surface area contributed by atoms with Gasteiger partial charge in [0, 0.05) is 38.0 Å². The van der Waals surface area contributed by atoms with Gasteiger partial charge in [-0.1, -0.05) is 54.6 Å². The Labute approximate surface area is 211 Å². The van der Waals surface area contributed by atoms with Gasteiger partial charge >= 0.3 is 6.09 Å². The van der Waals surface area contributed by atoms with Crippen LogP contribution in [0.1, 0.15) is 35.2 Å². The number of pyridine rings is 1. The minimum Gasteiger partial charge on any atom is -0.410 e. The summed E-state index contributed by atoms with van der Waals surface area (Å²) in [6.07, 6.45) is 6.12. The Morgan fingerprint density at radius 3 is 2.14 bits per heavy atom. The lowest BCUT2D eigenvalue weighted by molar-refractivity contribution is 0.0976. The fourth-order valence-electron chi connectivity index (χ4n) is 4.18. The van der Waals surface area contributed by atoms with Crippen molar-refractivity contribution in [2.24, 2.45) is 5.92 Å². The first-order valence-corrected chi connectivity index (χ1v) is 12.2. The summed E-state index contributed by atoms with van der Waals surface area (Å²) in [5, 5.41) is 0. The summed E-state index contributed by atoms with van der Waals surface area (Å²) in [5.41, 5.74) is 5.95. The van der Waals surface area contributed by atoms with E-state index in [1.807, 2.05) is 66.7 Å². The van der Waals surface area contributed by atoms with Gasteiger partial charge in [-0.15, -0.1) is 0 Å². The number of carbonyl (C=O) groups is 2. The maximum Gasteiger partial charge on any atom is 0.415 e. The second-order valence-corrected chi connectivity index (χ2v) is 9.33. The Kier molecular flexibility index (Phi) is 6.89. The van der Waals surface area contributed by atoms with Crippen molar-refractivity contribution in [3.05, 3.63) is 108 Å². The van der Waals surface area contributed by atoms with Gasteiger partial charge in [0.1, 0.15) is 5.75 Å². The van der Waals surface area contributed by atoms with Crippen molar-refractivity contribution in [3.63, 3.8) is 0 Å². The van der Waals surface area contributed by atoms with E-state index in [1.54, 1.807) is 36.5 Å². The third-order valence-corrected chi connectivity index (χ3v) is 6.44. The van der Waals surface area contributed by atoms with E-state index in [-0.39, 0.29) is 5.78 Å². The molecule has 36 heavy (non-hydrogen) atoms. The first-order chi connectivity index (χ1) is 17.5. The van der Waals surface area contributed by atoms with Crippen LogP contribution in [0.4, 0.5) is 4.79 Å². The summed E-state index contributed by atoms with van der Waals surface area (Å²) in [6, 6.07) is 27.2. The number of benzene rings is 3. The Morgan fingerprint density at radius 1 is 0.833 bits per heavy atom. The number of rotatable bonds is 8. The Balaban J connectivity index is 1.18. The van der Waals surface area contributed by atoms with E-state index < -0.39 is 6.09 Å². The molecular formula is C31H28N2O3. The van der Waals surface area contributed by atoms with Gasteiger partial charge in [0.15, 0.2) is 5.78 Å². The maximum absolute atomic E-state index is 12.7. The molecule has 180 valence electrons. The molecule has 5 heteroatoms. The lowest BCUT2D eigenvalue weighted by Gasteiger charge is -2.17. The molecular weight excluding hydrogens is 448 g/mol. The molecule has 1 heterocycles. The monoisotopic (exact) mass is 476 g/mol.